The minimum Gasteiger partial charge on any atom is -0.373 e. The molecule has 2 heterocycles. The molecule has 5 nitrogen and oxygen atoms in total. The van der Waals surface area contributed by atoms with E-state index in [9.17, 15) is 0 Å². The van der Waals surface area contributed by atoms with Crippen LogP contribution in [-0.2, 0) is 4.74 Å². The first-order valence-electron chi connectivity index (χ1n) is 6.71. The molecule has 5 heteroatoms. The Kier molecular flexibility index (Phi) is 3.07. The summed E-state index contributed by atoms with van der Waals surface area (Å²) in [7, 11) is 1.86. The first-order valence-corrected chi connectivity index (χ1v) is 6.71. The summed E-state index contributed by atoms with van der Waals surface area (Å²) in [6, 6.07) is 2.20. The van der Waals surface area contributed by atoms with Gasteiger partial charge in [0.05, 0.1) is 18.2 Å². The van der Waals surface area contributed by atoms with Crippen LogP contribution in [0.2, 0.25) is 0 Å². The summed E-state index contributed by atoms with van der Waals surface area (Å²) in [5.41, 5.74) is 0.151. The zero-order chi connectivity index (χ0) is 12.4. The third kappa shape index (κ3) is 2.27. The van der Waals surface area contributed by atoms with Gasteiger partial charge in [0.1, 0.15) is 5.82 Å². The van der Waals surface area contributed by atoms with Gasteiger partial charge < -0.3 is 15.4 Å². The maximum Gasteiger partial charge on any atom is 0.224 e. The second-order valence-electron chi connectivity index (χ2n) is 5.26. The summed E-state index contributed by atoms with van der Waals surface area (Å²) in [5, 5.41) is 6.40. The second-order valence-corrected chi connectivity index (χ2v) is 5.26. The van der Waals surface area contributed by atoms with Crippen LogP contribution in [0.4, 0.5) is 11.8 Å². The Morgan fingerprint density at radius 1 is 1.39 bits per heavy atom. The zero-order valence-electron chi connectivity index (χ0n) is 10.8. The highest BCUT2D eigenvalue weighted by atomic mass is 16.5. The van der Waals surface area contributed by atoms with Gasteiger partial charge in [-0.2, -0.15) is 4.98 Å². The lowest BCUT2D eigenvalue weighted by atomic mass is 9.96. The number of anilines is 2. The van der Waals surface area contributed by atoms with E-state index in [0.717, 1.165) is 18.8 Å². The van der Waals surface area contributed by atoms with Crippen molar-refractivity contribution in [3.63, 3.8) is 0 Å². The zero-order valence-corrected chi connectivity index (χ0v) is 10.8. The monoisotopic (exact) mass is 248 g/mol. The molecule has 0 aromatic carbocycles. The van der Waals surface area contributed by atoms with Crippen LogP contribution in [0.5, 0.6) is 0 Å². The smallest absolute Gasteiger partial charge is 0.224 e. The molecule has 98 valence electrons. The molecule has 1 atom stereocenters. The summed E-state index contributed by atoms with van der Waals surface area (Å²) >= 11 is 0. The van der Waals surface area contributed by atoms with Gasteiger partial charge in [-0.15, -0.1) is 0 Å². The normalized spacial score (nSPS) is 25.5. The molecule has 2 aliphatic rings. The second kappa shape index (κ2) is 4.72. The Morgan fingerprint density at radius 3 is 3.00 bits per heavy atom. The predicted molar refractivity (Wildman–Crippen MR) is 70.8 cm³/mol. The fourth-order valence-electron chi connectivity index (χ4n) is 3.05. The van der Waals surface area contributed by atoms with Crippen molar-refractivity contribution in [2.75, 3.05) is 24.3 Å². The summed E-state index contributed by atoms with van der Waals surface area (Å²) in [6.45, 7) is 0.771. The van der Waals surface area contributed by atoms with Crippen LogP contribution in [0, 0.1) is 0 Å². The van der Waals surface area contributed by atoms with E-state index in [-0.39, 0.29) is 5.60 Å². The van der Waals surface area contributed by atoms with Gasteiger partial charge in [-0.25, -0.2) is 4.98 Å². The van der Waals surface area contributed by atoms with E-state index < -0.39 is 0 Å². The van der Waals surface area contributed by atoms with Crippen LogP contribution in [0.1, 0.15) is 32.1 Å². The largest absolute Gasteiger partial charge is 0.373 e. The van der Waals surface area contributed by atoms with E-state index >= 15 is 0 Å². The molecule has 1 aromatic heterocycles. The number of nitrogens with one attached hydrogen (secondary N) is 2. The van der Waals surface area contributed by atoms with E-state index in [0.29, 0.717) is 12.0 Å². The Labute approximate surface area is 107 Å². The van der Waals surface area contributed by atoms with Crippen molar-refractivity contribution in [3.05, 3.63) is 12.3 Å². The van der Waals surface area contributed by atoms with Crippen molar-refractivity contribution < 1.29 is 4.74 Å². The molecule has 1 aromatic rings. The first-order chi connectivity index (χ1) is 8.80. The van der Waals surface area contributed by atoms with Crippen LogP contribution >= 0.6 is 0 Å². The third-order valence-electron chi connectivity index (χ3n) is 3.97. The fourth-order valence-corrected chi connectivity index (χ4v) is 3.05. The fraction of sp³-hybridized carbons (Fsp3) is 0.692. The molecule has 3 rings (SSSR count). The van der Waals surface area contributed by atoms with E-state index in [4.69, 9.17) is 4.74 Å². The predicted octanol–water partition coefficient (Wildman–Crippen LogP) is 2.03. The summed E-state index contributed by atoms with van der Waals surface area (Å²) in [6.07, 6.45) is 7.88. The first kappa shape index (κ1) is 11.7. The summed E-state index contributed by atoms with van der Waals surface area (Å²) in [4.78, 5) is 8.63. The Bertz CT molecular complexity index is 417. The van der Waals surface area contributed by atoms with Crippen molar-refractivity contribution in [2.45, 2.75) is 43.7 Å². The highest BCUT2D eigenvalue weighted by Crippen LogP contribution is 2.41. The van der Waals surface area contributed by atoms with E-state index in [1.54, 1.807) is 6.20 Å². The number of rotatable bonds is 3. The van der Waals surface area contributed by atoms with Crippen LogP contribution in [0.15, 0.2) is 12.3 Å². The SMILES string of the molecule is CNc1ccnc(NC2COC3(CCCC3)C2)n1. The Balaban J connectivity index is 1.63. The molecule has 1 aliphatic heterocycles. The number of nitrogens with zero attached hydrogens (tertiary/aromatic N) is 2. The molecule has 1 aliphatic carbocycles. The van der Waals surface area contributed by atoms with Crippen molar-refractivity contribution in [1.29, 1.82) is 0 Å². The van der Waals surface area contributed by atoms with Gasteiger partial charge >= 0.3 is 0 Å². The minimum atomic E-state index is 0.151. The summed E-state index contributed by atoms with van der Waals surface area (Å²) in [5.74, 6) is 1.52. The molecule has 2 N–H and O–H groups in total. The molecule has 0 bridgehead atoms. The topological polar surface area (TPSA) is 59.1 Å². The third-order valence-corrected chi connectivity index (χ3v) is 3.97. The van der Waals surface area contributed by atoms with Crippen LogP contribution in [0.25, 0.3) is 0 Å². The van der Waals surface area contributed by atoms with Gasteiger partial charge in [0.25, 0.3) is 0 Å². The van der Waals surface area contributed by atoms with Gasteiger partial charge in [-0.1, -0.05) is 12.8 Å². The van der Waals surface area contributed by atoms with Crippen molar-refractivity contribution >= 4 is 11.8 Å². The van der Waals surface area contributed by atoms with E-state index in [1.807, 2.05) is 13.1 Å². The molecule has 2 fully saturated rings. The van der Waals surface area contributed by atoms with Gasteiger partial charge in [0, 0.05) is 13.2 Å². The van der Waals surface area contributed by atoms with Crippen molar-refractivity contribution in [2.24, 2.45) is 0 Å². The number of ether oxygens (including phenoxy) is 1. The van der Waals surface area contributed by atoms with Gasteiger partial charge in [0.15, 0.2) is 0 Å². The standard InChI is InChI=1S/C13H20N4O/c1-14-11-4-7-15-12(17-11)16-10-8-13(18-9-10)5-2-3-6-13/h4,7,10H,2-3,5-6,8-9H2,1H3,(H2,14,15,16,17). The van der Waals surface area contributed by atoms with E-state index in [2.05, 4.69) is 20.6 Å². The van der Waals surface area contributed by atoms with Crippen LogP contribution in [-0.4, -0.2) is 35.3 Å². The minimum absolute atomic E-state index is 0.151. The van der Waals surface area contributed by atoms with Gasteiger partial charge in [-0.3, -0.25) is 0 Å². The average Bonchev–Trinajstić information content (AvgIpc) is 3.01. The molecular formula is C13H20N4O. The molecule has 18 heavy (non-hydrogen) atoms. The Hall–Kier alpha value is -1.36. The number of hydrogen-bond acceptors (Lipinski definition) is 5. The average molecular weight is 248 g/mol. The maximum absolute atomic E-state index is 6.01. The molecule has 1 saturated carbocycles. The van der Waals surface area contributed by atoms with Crippen LogP contribution < -0.4 is 10.6 Å². The lowest BCUT2D eigenvalue weighted by molar-refractivity contribution is 0.0103. The highest BCUT2D eigenvalue weighted by molar-refractivity contribution is 5.39. The quantitative estimate of drug-likeness (QED) is 0.857. The van der Waals surface area contributed by atoms with Crippen molar-refractivity contribution in [3.8, 4) is 0 Å². The molecule has 0 radical (unpaired) electrons. The summed E-state index contributed by atoms with van der Waals surface area (Å²) < 4.78 is 6.01. The highest BCUT2D eigenvalue weighted by Gasteiger charge is 2.42. The molecule has 1 saturated heterocycles. The van der Waals surface area contributed by atoms with Gasteiger partial charge in [-0.05, 0) is 25.3 Å². The number of hydrogen-bond donors (Lipinski definition) is 2. The Morgan fingerprint density at radius 2 is 2.22 bits per heavy atom. The lowest BCUT2D eigenvalue weighted by Crippen LogP contribution is -2.26. The van der Waals surface area contributed by atoms with Gasteiger partial charge in [0.2, 0.25) is 5.95 Å². The lowest BCUT2D eigenvalue weighted by Gasteiger charge is -2.21. The number of aromatic nitrogens is 2. The molecular weight excluding hydrogens is 228 g/mol. The van der Waals surface area contributed by atoms with Crippen LogP contribution in [0.3, 0.4) is 0 Å². The molecule has 1 spiro atoms. The maximum atomic E-state index is 6.01. The van der Waals surface area contributed by atoms with E-state index in [1.165, 1.54) is 25.7 Å². The molecule has 1 unspecified atom stereocenters. The molecule has 0 amide bonds. The van der Waals surface area contributed by atoms with Crippen molar-refractivity contribution in [1.82, 2.24) is 9.97 Å².